The van der Waals surface area contributed by atoms with Crippen LogP contribution >= 0.6 is 0 Å². The molecule has 1 aromatic carbocycles. The molecule has 0 heterocycles. The first-order chi connectivity index (χ1) is 9.29. The molecule has 0 radical (unpaired) electrons. The van der Waals surface area contributed by atoms with Crippen molar-refractivity contribution >= 4 is 0 Å². The predicted molar refractivity (Wildman–Crippen MR) is 83.9 cm³/mol. The highest BCUT2D eigenvalue weighted by atomic mass is 16.5. The third kappa shape index (κ3) is 5.14. The van der Waals surface area contributed by atoms with Crippen LogP contribution in [-0.2, 0) is 0 Å². The summed E-state index contributed by atoms with van der Waals surface area (Å²) in [5.74, 6) is 1.56. The first-order valence-corrected chi connectivity index (χ1v) is 7.40. The molecule has 1 saturated carbocycles. The van der Waals surface area contributed by atoms with Gasteiger partial charge in [-0.25, -0.2) is 0 Å². The molecule has 3 N–H and O–H groups in total. The molecule has 1 fully saturated rings. The van der Waals surface area contributed by atoms with Gasteiger partial charge >= 0.3 is 0 Å². The van der Waals surface area contributed by atoms with Crippen molar-refractivity contribution in [2.24, 2.45) is 11.7 Å². The largest absolute Gasteiger partial charge is 0.493 e. The molecule has 0 bridgehead atoms. The summed E-state index contributed by atoms with van der Waals surface area (Å²) in [4.78, 5) is 0. The highest BCUT2D eigenvalue weighted by Crippen LogP contribution is 2.26. The van der Waals surface area contributed by atoms with E-state index in [1.165, 1.54) is 32.1 Å². The molecule has 3 heteroatoms. The molecule has 1 aromatic rings. The van der Waals surface area contributed by atoms with Crippen LogP contribution in [0.25, 0.3) is 0 Å². The zero-order valence-electron chi connectivity index (χ0n) is 11.6. The van der Waals surface area contributed by atoms with Gasteiger partial charge in [0.15, 0.2) is 0 Å². The Bertz CT molecular complexity index is 375. The lowest BCUT2D eigenvalue weighted by Crippen LogP contribution is -2.15. The van der Waals surface area contributed by atoms with E-state index in [-0.39, 0.29) is 7.43 Å². The minimum atomic E-state index is -0.483. The van der Waals surface area contributed by atoms with Gasteiger partial charge in [-0.1, -0.05) is 38.8 Å². The van der Waals surface area contributed by atoms with Gasteiger partial charge in [-0.15, -0.1) is 0 Å². The van der Waals surface area contributed by atoms with Crippen LogP contribution in [0.5, 0.6) is 5.75 Å². The topological polar surface area (TPSA) is 55.5 Å². The van der Waals surface area contributed by atoms with Crippen molar-refractivity contribution in [2.45, 2.75) is 52.1 Å². The van der Waals surface area contributed by atoms with Crippen LogP contribution < -0.4 is 10.5 Å². The average molecular weight is 279 g/mol. The minimum absolute atomic E-state index is 0. The fourth-order valence-corrected chi connectivity index (χ4v) is 2.70. The molecule has 114 valence electrons. The molecule has 0 saturated heterocycles. The first kappa shape index (κ1) is 17.0. The maximum absolute atomic E-state index is 9.93. The van der Waals surface area contributed by atoms with Crippen LogP contribution in [0.2, 0.25) is 0 Å². The molecule has 0 aliphatic heterocycles. The van der Waals surface area contributed by atoms with Gasteiger partial charge < -0.3 is 15.6 Å². The van der Waals surface area contributed by atoms with Crippen LogP contribution in [0.15, 0.2) is 24.3 Å². The fraction of sp³-hybridized carbons (Fsp3) is 0.647. The zero-order chi connectivity index (χ0) is 13.5. The van der Waals surface area contributed by atoms with E-state index in [0.29, 0.717) is 18.9 Å². The summed E-state index contributed by atoms with van der Waals surface area (Å²) >= 11 is 0. The van der Waals surface area contributed by atoms with Crippen LogP contribution in [0.3, 0.4) is 0 Å². The van der Waals surface area contributed by atoms with Gasteiger partial charge in [0.1, 0.15) is 5.75 Å². The number of benzene rings is 1. The lowest BCUT2D eigenvalue weighted by Gasteiger charge is -2.22. The van der Waals surface area contributed by atoms with Crippen molar-refractivity contribution in [3.63, 3.8) is 0 Å². The Morgan fingerprint density at radius 3 is 2.70 bits per heavy atom. The van der Waals surface area contributed by atoms with E-state index in [9.17, 15) is 5.11 Å². The SMILES string of the molecule is C.NCCC(O)c1cccc(OCC2CCCCC2)c1. The third-order valence-electron chi connectivity index (χ3n) is 3.89. The predicted octanol–water partition coefficient (Wildman–Crippen LogP) is 3.66. The molecule has 3 nitrogen and oxygen atoms in total. The van der Waals surface area contributed by atoms with Gasteiger partial charge in [-0.3, -0.25) is 0 Å². The second-order valence-electron chi connectivity index (χ2n) is 5.48. The van der Waals surface area contributed by atoms with E-state index in [1.54, 1.807) is 0 Å². The van der Waals surface area contributed by atoms with Crippen molar-refractivity contribution in [2.75, 3.05) is 13.2 Å². The van der Waals surface area contributed by atoms with Crippen molar-refractivity contribution in [3.05, 3.63) is 29.8 Å². The molecular formula is C17H29NO2. The van der Waals surface area contributed by atoms with Crippen LogP contribution in [0.4, 0.5) is 0 Å². The van der Waals surface area contributed by atoms with Gasteiger partial charge in [0.2, 0.25) is 0 Å². The smallest absolute Gasteiger partial charge is 0.119 e. The summed E-state index contributed by atoms with van der Waals surface area (Å²) in [6.45, 7) is 1.30. The molecule has 0 spiro atoms. The first-order valence-electron chi connectivity index (χ1n) is 7.40. The Morgan fingerprint density at radius 2 is 2.00 bits per heavy atom. The van der Waals surface area contributed by atoms with Crippen LogP contribution in [0.1, 0.15) is 57.6 Å². The normalized spacial score (nSPS) is 17.3. The molecule has 2 rings (SSSR count). The van der Waals surface area contributed by atoms with Crippen molar-refractivity contribution in [3.8, 4) is 5.75 Å². The Morgan fingerprint density at radius 1 is 1.25 bits per heavy atom. The van der Waals surface area contributed by atoms with E-state index in [4.69, 9.17) is 10.5 Å². The molecule has 1 aliphatic carbocycles. The molecule has 1 aliphatic rings. The van der Waals surface area contributed by atoms with E-state index >= 15 is 0 Å². The Labute approximate surface area is 123 Å². The number of hydrogen-bond donors (Lipinski definition) is 2. The van der Waals surface area contributed by atoms with Gasteiger partial charge in [-0.2, -0.15) is 0 Å². The highest BCUT2D eigenvalue weighted by molar-refractivity contribution is 5.29. The number of rotatable bonds is 6. The van der Waals surface area contributed by atoms with E-state index in [0.717, 1.165) is 17.9 Å². The third-order valence-corrected chi connectivity index (χ3v) is 3.89. The number of hydrogen-bond acceptors (Lipinski definition) is 3. The minimum Gasteiger partial charge on any atom is -0.493 e. The quantitative estimate of drug-likeness (QED) is 0.835. The molecule has 0 amide bonds. The summed E-state index contributed by atoms with van der Waals surface area (Å²) in [5, 5.41) is 9.93. The second kappa shape index (κ2) is 8.98. The summed E-state index contributed by atoms with van der Waals surface area (Å²) in [7, 11) is 0. The lowest BCUT2D eigenvalue weighted by molar-refractivity contribution is 0.169. The fourth-order valence-electron chi connectivity index (χ4n) is 2.70. The Hall–Kier alpha value is -1.06. The summed E-state index contributed by atoms with van der Waals surface area (Å²) in [6, 6.07) is 7.75. The molecule has 0 aromatic heterocycles. The average Bonchev–Trinajstić information content (AvgIpc) is 2.47. The molecule has 1 atom stereocenters. The van der Waals surface area contributed by atoms with Crippen LogP contribution in [-0.4, -0.2) is 18.3 Å². The molecule has 1 unspecified atom stereocenters. The van der Waals surface area contributed by atoms with E-state index < -0.39 is 6.10 Å². The van der Waals surface area contributed by atoms with Gasteiger partial charge in [-0.05, 0) is 49.4 Å². The monoisotopic (exact) mass is 279 g/mol. The zero-order valence-corrected chi connectivity index (χ0v) is 11.6. The van der Waals surface area contributed by atoms with E-state index in [1.807, 2.05) is 24.3 Å². The summed E-state index contributed by atoms with van der Waals surface area (Å²) in [6.07, 6.45) is 6.73. The van der Waals surface area contributed by atoms with Gasteiger partial charge in [0, 0.05) is 0 Å². The van der Waals surface area contributed by atoms with E-state index in [2.05, 4.69) is 0 Å². The Kier molecular flexibility index (Phi) is 7.63. The van der Waals surface area contributed by atoms with Crippen molar-refractivity contribution in [1.82, 2.24) is 0 Å². The lowest BCUT2D eigenvalue weighted by atomic mass is 9.90. The number of ether oxygens (including phenoxy) is 1. The summed E-state index contributed by atoms with van der Waals surface area (Å²) in [5.41, 5.74) is 6.36. The molecule has 20 heavy (non-hydrogen) atoms. The number of aliphatic hydroxyl groups is 1. The number of nitrogens with two attached hydrogens (primary N) is 1. The van der Waals surface area contributed by atoms with Crippen molar-refractivity contribution < 1.29 is 9.84 Å². The number of aliphatic hydroxyl groups excluding tert-OH is 1. The van der Waals surface area contributed by atoms with Crippen molar-refractivity contribution in [1.29, 1.82) is 0 Å². The van der Waals surface area contributed by atoms with Gasteiger partial charge in [0.05, 0.1) is 12.7 Å². The van der Waals surface area contributed by atoms with Crippen LogP contribution in [0, 0.1) is 5.92 Å². The van der Waals surface area contributed by atoms with Gasteiger partial charge in [0.25, 0.3) is 0 Å². The summed E-state index contributed by atoms with van der Waals surface area (Å²) < 4.78 is 5.87. The second-order valence-corrected chi connectivity index (χ2v) is 5.48. The standard InChI is InChI=1S/C16H25NO2.CH4/c17-10-9-16(18)14-7-4-8-15(11-14)19-12-13-5-2-1-3-6-13;/h4,7-8,11,13,16,18H,1-3,5-6,9-10,12,17H2;1H4. The maximum atomic E-state index is 9.93. The highest BCUT2D eigenvalue weighted by Gasteiger charge is 2.14. The maximum Gasteiger partial charge on any atom is 0.119 e. The molecular weight excluding hydrogens is 250 g/mol. The Balaban J connectivity index is 0.00000200.